The van der Waals surface area contributed by atoms with Gasteiger partial charge in [0.05, 0.1) is 23.9 Å². The van der Waals surface area contributed by atoms with Crippen LogP contribution in [0.25, 0.3) is 0 Å². The van der Waals surface area contributed by atoms with Crippen LogP contribution in [-0.2, 0) is 0 Å². The molecule has 2 heterocycles. The highest BCUT2D eigenvalue weighted by atomic mass is 79.9. The van der Waals surface area contributed by atoms with Crippen LogP contribution in [0.2, 0.25) is 0 Å². The zero-order chi connectivity index (χ0) is 25.8. The summed E-state index contributed by atoms with van der Waals surface area (Å²) in [6.45, 7) is 4.74. The third kappa shape index (κ3) is 5.44. The van der Waals surface area contributed by atoms with Crippen LogP contribution in [0.4, 0.5) is 17.1 Å². The van der Waals surface area contributed by atoms with Gasteiger partial charge >= 0.3 is 0 Å². The number of likely N-dealkylation sites (tertiary alicyclic amines) is 1. The van der Waals surface area contributed by atoms with Gasteiger partial charge in [0.1, 0.15) is 5.75 Å². The summed E-state index contributed by atoms with van der Waals surface area (Å²) in [5.74, 6) is 0.674. The Kier molecular flexibility index (Phi) is 7.65. The minimum atomic E-state index is -0.217. The first-order valence-electron chi connectivity index (χ1n) is 12.7. The molecule has 0 aromatic heterocycles. The fraction of sp³-hybridized carbons (Fsp3) is 0.310. The number of amides is 2. The number of ether oxygens (including phenoxy) is 1. The molecule has 3 aromatic rings. The number of carbonyl (C=O) groups is 2. The number of benzene rings is 3. The number of hydrogen-bond acceptors (Lipinski definition) is 5. The van der Waals surface area contributed by atoms with E-state index in [2.05, 4.69) is 37.1 Å². The maximum absolute atomic E-state index is 13.6. The summed E-state index contributed by atoms with van der Waals surface area (Å²) in [7, 11) is 1.70. The Balaban J connectivity index is 1.38. The molecule has 0 aliphatic carbocycles. The molecule has 2 amide bonds. The van der Waals surface area contributed by atoms with Gasteiger partial charge in [-0.05, 0) is 71.2 Å². The second-order valence-electron chi connectivity index (χ2n) is 9.31. The lowest BCUT2D eigenvalue weighted by molar-refractivity contribution is 0.0793. The molecule has 8 heteroatoms. The molecule has 2 aliphatic rings. The first-order valence-corrected chi connectivity index (χ1v) is 13.5. The summed E-state index contributed by atoms with van der Waals surface area (Å²) in [6, 6.07) is 21.1. The number of piperazine rings is 1. The first kappa shape index (κ1) is 25.1. The van der Waals surface area contributed by atoms with Crippen molar-refractivity contribution in [2.45, 2.75) is 12.8 Å². The summed E-state index contributed by atoms with van der Waals surface area (Å²) in [5, 5.41) is 2.98. The minimum Gasteiger partial charge on any atom is -0.495 e. The quantitative estimate of drug-likeness (QED) is 0.443. The molecule has 5 rings (SSSR count). The Morgan fingerprint density at radius 2 is 1.43 bits per heavy atom. The number of methoxy groups -OCH3 is 1. The minimum absolute atomic E-state index is 0.0247. The molecule has 3 aromatic carbocycles. The van der Waals surface area contributed by atoms with Crippen molar-refractivity contribution < 1.29 is 14.3 Å². The van der Waals surface area contributed by atoms with Crippen LogP contribution in [0.1, 0.15) is 33.6 Å². The number of para-hydroxylation sites is 2. The van der Waals surface area contributed by atoms with Crippen molar-refractivity contribution >= 4 is 44.8 Å². The number of anilines is 3. The topological polar surface area (TPSA) is 65.1 Å². The van der Waals surface area contributed by atoms with E-state index in [9.17, 15) is 9.59 Å². The van der Waals surface area contributed by atoms with Gasteiger partial charge in [-0.3, -0.25) is 9.59 Å². The molecule has 0 bridgehead atoms. The van der Waals surface area contributed by atoms with Gasteiger partial charge in [0.25, 0.3) is 11.8 Å². The maximum atomic E-state index is 13.6. The zero-order valence-corrected chi connectivity index (χ0v) is 22.5. The highest BCUT2D eigenvalue weighted by Crippen LogP contribution is 2.32. The van der Waals surface area contributed by atoms with E-state index in [1.807, 2.05) is 59.5 Å². The number of rotatable bonds is 6. The van der Waals surface area contributed by atoms with E-state index in [-0.39, 0.29) is 11.8 Å². The van der Waals surface area contributed by atoms with Crippen molar-refractivity contribution in [3.63, 3.8) is 0 Å². The number of halogens is 1. The number of carbonyl (C=O) groups excluding carboxylic acids is 2. The Hall–Kier alpha value is -3.52. The van der Waals surface area contributed by atoms with Gasteiger partial charge in [0.2, 0.25) is 0 Å². The van der Waals surface area contributed by atoms with E-state index in [1.165, 1.54) is 0 Å². The lowest BCUT2D eigenvalue weighted by Crippen LogP contribution is -2.47. The molecule has 0 atom stereocenters. The van der Waals surface area contributed by atoms with Gasteiger partial charge in [-0.15, -0.1) is 0 Å². The highest BCUT2D eigenvalue weighted by Gasteiger charge is 2.27. The Labute approximate surface area is 226 Å². The summed E-state index contributed by atoms with van der Waals surface area (Å²) in [4.78, 5) is 33.0. The molecule has 0 radical (unpaired) electrons. The molecule has 2 fully saturated rings. The first-order chi connectivity index (χ1) is 18.0. The number of hydrogen-bond donors (Lipinski definition) is 1. The normalized spacial score (nSPS) is 15.6. The van der Waals surface area contributed by atoms with Gasteiger partial charge in [-0.25, -0.2) is 0 Å². The Bertz CT molecular complexity index is 1280. The van der Waals surface area contributed by atoms with Crippen molar-refractivity contribution in [1.82, 2.24) is 4.90 Å². The van der Waals surface area contributed by atoms with E-state index in [0.717, 1.165) is 73.7 Å². The molecule has 2 saturated heterocycles. The van der Waals surface area contributed by atoms with Gasteiger partial charge < -0.3 is 24.8 Å². The lowest BCUT2D eigenvalue weighted by atomic mass is 10.1. The Morgan fingerprint density at radius 3 is 2.14 bits per heavy atom. The number of nitrogens with one attached hydrogen (secondary N) is 1. The molecule has 2 aliphatic heterocycles. The second kappa shape index (κ2) is 11.3. The molecule has 7 nitrogen and oxygen atoms in total. The van der Waals surface area contributed by atoms with Crippen molar-refractivity contribution in [2.75, 3.05) is 61.5 Å². The van der Waals surface area contributed by atoms with Crippen molar-refractivity contribution in [3.8, 4) is 5.75 Å². The van der Waals surface area contributed by atoms with Gasteiger partial charge in [-0.1, -0.05) is 24.3 Å². The predicted octanol–water partition coefficient (Wildman–Crippen LogP) is 5.27. The van der Waals surface area contributed by atoms with Crippen LogP contribution >= 0.6 is 15.9 Å². The van der Waals surface area contributed by atoms with Crippen molar-refractivity contribution in [1.29, 1.82) is 0 Å². The molecule has 192 valence electrons. The molecular weight excluding hydrogens is 532 g/mol. The highest BCUT2D eigenvalue weighted by molar-refractivity contribution is 9.10. The molecule has 0 saturated carbocycles. The summed E-state index contributed by atoms with van der Waals surface area (Å²) in [5.41, 5.74) is 3.79. The van der Waals surface area contributed by atoms with Gasteiger partial charge in [0.15, 0.2) is 0 Å². The summed E-state index contributed by atoms with van der Waals surface area (Å²) >= 11 is 3.45. The van der Waals surface area contributed by atoms with E-state index in [4.69, 9.17) is 4.74 Å². The molecule has 0 unspecified atom stereocenters. The third-order valence-corrected chi connectivity index (χ3v) is 7.73. The van der Waals surface area contributed by atoms with Crippen LogP contribution in [-0.4, -0.2) is 63.1 Å². The van der Waals surface area contributed by atoms with Crippen LogP contribution in [0.3, 0.4) is 0 Å². The SMILES string of the molecule is COc1ccccc1N1CCN(c2ccc(NC(=O)c3ccccc3Br)cc2C(=O)N2CCCC2)CC1. The van der Waals surface area contributed by atoms with Crippen LogP contribution < -0.4 is 19.9 Å². The molecule has 37 heavy (non-hydrogen) atoms. The second-order valence-corrected chi connectivity index (χ2v) is 10.2. The van der Waals surface area contributed by atoms with Gasteiger partial charge in [-0.2, -0.15) is 0 Å². The standard InChI is InChI=1S/C29H31BrN4O3/c1-37-27-11-5-4-10-26(27)33-18-16-32(17-19-33)25-13-12-21(20-23(25)29(36)34-14-6-7-15-34)31-28(35)22-8-2-3-9-24(22)30/h2-5,8-13,20H,6-7,14-19H2,1H3,(H,31,35). The maximum Gasteiger partial charge on any atom is 0.256 e. The van der Waals surface area contributed by atoms with Crippen LogP contribution in [0, 0.1) is 0 Å². The fourth-order valence-corrected chi connectivity index (χ4v) is 5.54. The average Bonchev–Trinajstić information content (AvgIpc) is 3.48. The third-order valence-electron chi connectivity index (χ3n) is 7.04. The summed E-state index contributed by atoms with van der Waals surface area (Å²) in [6.07, 6.45) is 2.05. The fourth-order valence-electron chi connectivity index (χ4n) is 5.07. The smallest absolute Gasteiger partial charge is 0.256 e. The molecule has 0 spiro atoms. The van der Waals surface area contributed by atoms with E-state index >= 15 is 0 Å². The van der Waals surface area contributed by atoms with Crippen molar-refractivity contribution in [3.05, 3.63) is 82.3 Å². The number of nitrogens with zero attached hydrogens (tertiary/aromatic N) is 3. The lowest BCUT2D eigenvalue weighted by Gasteiger charge is -2.38. The largest absolute Gasteiger partial charge is 0.495 e. The van der Waals surface area contributed by atoms with Gasteiger partial charge in [0, 0.05) is 55.1 Å². The monoisotopic (exact) mass is 562 g/mol. The summed E-state index contributed by atoms with van der Waals surface area (Å²) < 4.78 is 6.29. The van der Waals surface area contributed by atoms with Crippen LogP contribution in [0.5, 0.6) is 5.75 Å². The van der Waals surface area contributed by atoms with E-state index in [1.54, 1.807) is 13.2 Å². The molecular formula is C29H31BrN4O3. The average molecular weight is 563 g/mol. The molecule has 1 N–H and O–H groups in total. The van der Waals surface area contributed by atoms with Crippen LogP contribution in [0.15, 0.2) is 71.2 Å². The van der Waals surface area contributed by atoms with Crippen molar-refractivity contribution in [2.24, 2.45) is 0 Å². The Morgan fingerprint density at radius 1 is 0.784 bits per heavy atom. The predicted molar refractivity (Wildman–Crippen MR) is 151 cm³/mol. The van der Waals surface area contributed by atoms with E-state index < -0.39 is 0 Å². The van der Waals surface area contributed by atoms with E-state index in [0.29, 0.717) is 16.8 Å². The zero-order valence-electron chi connectivity index (χ0n) is 21.0.